The Labute approximate surface area is 159 Å². The van der Waals surface area contributed by atoms with Gasteiger partial charge in [0, 0.05) is 29.8 Å². The van der Waals surface area contributed by atoms with Crippen LogP contribution in [0.2, 0.25) is 0 Å². The number of rotatable bonds is 5. The van der Waals surface area contributed by atoms with Crippen molar-refractivity contribution < 1.29 is 9.53 Å². The molecule has 2 heterocycles. The Balaban J connectivity index is 1.89. The van der Waals surface area contributed by atoms with E-state index < -0.39 is 5.41 Å². The zero-order chi connectivity index (χ0) is 19.4. The summed E-state index contributed by atoms with van der Waals surface area (Å²) in [6, 6.07) is 11.6. The van der Waals surface area contributed by atoms with Crippen LogP contribution in [0.3, 0.4) is 0 Å². The number of benzene rings is 1. The van der Waals surface area contributed by atoms with Gasteiger partial charge in [-0.25, -0.2) is 4.98 Å². The van der Waals surface area contributed by atoms with Crippen LogP contribution in [0, 0.1) is 5.41 Å². The first-order valence-corrected chi connectivity index (χ1v) is 8.92. The Morgan fingerprint density at radius 2 is 1.70 bits per heavy atom. The molecule has 0 spiro atoms. The van der Waals surface area contributed by atoms with Gasteiger partial charge in [-0.2, -0.15) is 4.68 Å². The van der Waals surface area contributed by atoms with Crippen LogP contribution in [0.5, 0.6) is 5.75 Å². The Morgan fingerprint density at radius 1 is 1.04 bits per heavy atom. The minimum atomic E-state index is -0.544. The molecule has 0 amide bonds. The van der Waals surface area contributed by atoms with Gasteiger partial charge in [-0.05, 0) is 36.2 Å². The summed E-state index contributed by atoms with van der Waals surface area (Å²) in [6.07, 6.45) is 4.76. The molecule has 1 aromatic carbocycles. The van der Waals surface area contributed by atoms with Crippen molar-refractivity contribution in [3.05, 3.63) is 60.2 Å². The summed E-state index contributed by atoms with van der Waals surface area (Å²) in [7, 11) is 1.65. The SMILES string of the molecule is COc1ccc(CCc2nc(-c3ccncc3)nn2C(=O)C(C)(C)C)cc1. The highest BCUT2D eigenvalue weighted by Crippen LogP contribution is 2.21. The minimum absolute atomic E-state index is 0.0694. The largest absolute Gasteiger partial charge is 0.497 e. The van der Waals surface area contributed by atoms with Crippen LogP contribution in [0.1, 0.15) is 37.0 Å². The monoisotopic (exact) mass is 364 g/mol. The van der Waals surface area contributed by atoms with Gasteiger partial charge < -0.3 is 4.74 Å². The van der Waals surface area contributed by atoms with Crippen molar-refractivity contribution >= 4 is 5.91 Å². The lowest BCUT2D eigenvalue weighted by Crippen LogP contribution is -2.29. The Morgan fingerprint density at radius 3 is 2.30 bits per heavy atom. The molecule has 0 radical (unpaired) electrons. The number of methoxy groups -OCH3 is 1. The molecule has 6 nitrogen and oxygen atoms in total. The van der Waals surface area contributed by atoms with Crippen LogP contribution in [0.4, 0.5) is 0 Å². The van der Waals surface area contributed by atoms with Gasteiger partial charge in [0.05, 0.1) is 7.11 Å². The minimum Gasteiger partial charge on any atom is -0.497 e. The number of aromatic nitrogens is 4. The molecule has 0 bridgehead atoms. The highest BCUT2D eigenvalue weighted by molar-refractivity contribution is 5.84. The summed E-state index contributed by atoms with van der Waals surface area (Å²) >= 11 is 0. The summed E-state index contributed by atoms with van der Waals surface area (Å²) in [5, 5.41) is 4.49. The smallest absolute Gasteiger partial charge is 0.253 e. The van der Waals surface area contributed by atoms with E-state index in [1.54, 1.807) is 19.5 Å². The molecule has 0 saturated carbocycles. The molecule has 0 aliphatic carbocycles. The van der Waals surface area contributed by atoms with Crippen molar-refractivity contribution in [1.29, 1.82) is 0 Å². The fraction of sp³-hybridized carbons (Fsp3) is 0.333. The number of pyridine rings is 1. The van der Waals surface area contributed by atoms with E-state index in [-0.39, 0.29) is 5.91 Å². The van der Waals surface area contributed by atoms with Crippen molar-refractivity contribution in [1.82, 2.24) is 19.7 Å². The lowest BCUT2D eigenvalue weighted by molar-refractivity contribution is 0.0744. The number of hydrogen-bond acceptors (Lipinski definition) is 5. The number of carbonyl (C=O) groups excluding carboxylic acids is 1. The molecule has 27 heavy (non-hydrogen) atoms. The fourth-order valence-electron chi connectivity index (χ4n) is 2.66. The van der Waals surface area contributed by atoms with Crippen molar-refractivity contribution in [2.75, 3.05) is 7.11 Å². The third-order valence-electron chi connectivity index (χ3n) is 4.24. The molecule has 6 heteroatoms. The van der Waals surface area contributed by atoms with Crippen molar-refractivity contribution in [3.63, 3.8) is 0 Å². The lowest BCUT2D eigenvalue weighted by Gasteiger charge is -2.17. The maximum absolute atomic E-state index is 12.9. The van der Waals surface area contributed by atoms with Crippen molar-refractivity contribution in [2.24, 2.45) is 5.41 Å². The summed E-state index contributed by atoms with van der Waals surface area (Å²) in [4.78, 5) is 21.5. The molecule has 0 aliphatic heterocycles. The van der Waals surface area contributed by atoms with E-state index in [0.717, 1.165) is 23.3 Å². The quantitative estimate of drug-likeness (QED) is 0.688. The van der Waals surface area contributed by atoms with Crippen molar-refractivity contribution in [3.8, 4) is 17.1 Å². The molecule has 0 fully saturated rings. The zero-order valence-electron chi connectivity index (χ0n) is 16.1. The maximum atomic E-state index is 12.9. The summed E-state index contributed by atoms with van der Waals surface area (Å²) in [5.41, 5.74) is 1.45. The lowest BCUT2D eigenvalue weighted by atomic mass is 9.96. The number of hydrogen-bond donors (Lipinski definition) is 0. The Kier molecular flexibility index (Phi) is 5.35. The first-order chi connectivity index (χ1) is 12.9. The van der Waals surface area contributed by atoms with Crippen LogP contribution < -0.4 is 4.74 Å². The van der Waals surface area contributed by atoms with Gasteiger partial charge in [-0.3, -0.25) is 9.78 Å². The molecule has 3 rings (SSSR count). The third-order valence-corrected chi connectivity index (χ3v) is 4.24. The summed E-state index contributed by atoms with van der Waals surface area (Å²) < 4.78 is 6.65. The summed E-state index contributed by atoms with van der Waals surface area (Å²) in [6.45, 7) is 5.66. The number of aryl methyl sites for hydroxylation is 2. The average Bonchev–Trinajstić information content (AvgIpc) is 3.10. The van der Waals surface area contributed by atoms with E-state index in [2.05, 4.69) is 15.1 Å². The van der Waals surface area contributed by atoms with E-state index in [1.807, 2.05) is 57.2 Å². The van der Waals surface area contributed by atoms with Gasteiger partial charge in [0.15, 0.2) is 5.82 Å². The van der Waals surface area contributed by atoms with Gasteiger partial charge >= 0.3 is 0 Å². The van der Waals surface area contributed by atoms with Gasteiger partial charge in [0.1, 0.15) is 11.6 Å². The average molecular weight is 364 g/mol. The van der Waals surface area contributed by atoms with Crippen LogP contribution in [-0.2, 0) is 12.8 Å². The highest BCUT2D eigenvalue weighted by atomic mass is 16.5. The van der Waals surface area contributed by atoms with Gasteiger partial charge in [0.2, 0.25) is 0 Å². The van der Waals surface area contributed by atoms with E-state index in [1.165, 1.54) is 4.68 Å². The molecular weight excluding hydrogens is 340 g/mol. The molecule has 0 unspecified atom stereocenters. The molecule has 140 valence electrons. The van der Waals surface area contributed by atoms with Gasteiger partial charge in [-0.1, -0.05) is 32.9 Å². The topological polar surface area (TPSA) is 69.9 Å². The van der Waals surface area contributed by atoms with E-state index in [0.29, 0.717) is 18.1 Å². The predicted octanol–water partition coefficient (Wildman–Crippen LogP) is 3.82. The van der Waals surface area contributed by atoms with E-state index in [9.17, 15) is 4.79 Å². The van der Waals surface area contributed by atoms with Crippen molar-refractivity contribution in [2.45, 2.75) is 33.6 Å². The Hall–Kier alpha value is -3.02. The maximum Gasteiger partial charge on any atom is 0.253 e. The molecule has 0 N–H and O–H groups in total. The van der Waals surface area contributed by atoms with Gasteiger partial charge in [-0.15, -0.1) is 5.10 Å². The zero-order valence-corrected chi connectivity index (χ0v) is 16.1. The molecule has 0 aliphatic rings. The van der Waals surface area contributed by atoms with E-state index in [4.69, 9.17) is 4.74 Å². The summed E-state index contributed by atoms with van der Waals surface area (Å²) in [5.74, 6) is 1.96. The Bertz CT molecular complexity index is 910. The highest BCUT2D eigenvalue weighted by Gasteiger charge is 2.27. The number of ether oxygens (including phenoxy) is 1. The van der Waals surface area contributed by atoms with Crippen LogP contribution in [0.15, 0.2) is 48.8 Å². The molecule has 2 aromatic heterocycles. The predicted molar refractivity (Wildman–Crippen MR) is 104 cm³/mol. The number of carbonyl (C=O) groups is 1. The molecule has 3 aromatic rings. The first-order valence-electron chi connectivity index (χ1n) is 8.92. The molecule has 0 atom stereocenters. The van der Waals surface area contributed by atoms with Gasteiger partial charge in [0.25, 0.3) is 5.91 Å². The second-order valence-electron chi connectivity index (χ2n) is 7.40. The second kappa shape index (κ2) is 7.70. The third kappa shape index (κ3) is 4.39. The first kappa shape index (κ1) is 18.8. The standard InChI is InChI=1S/C21H24N4O2/c1-21(2,3)20(26)25-18(10-7-15-5-8-17(27-4)9-6-15)23-19(24-25)16-11-13-22-14-12-16/h5-6,8-9,11-14H,7,10H2,1-4H3. The molecule has 0 saturated heterocycles. The number of nitrogens with zero attached hydrogens (tertiary/aromatic N) is 4. The van der Waals surface area contributed by atoms with Crippen LogP contribution in [-0.4, -0.2) is 32.8 Å². The fourth-order valence-corrected chi connectivity index (χ4v) is 2.66. The van der Waals surface area contributed by atoms with Crippen LogP contribution in [0.25, 0.3) is 11.4 Å². The van der Waals surface area contributed by atoms with Crippen LogP contribution >= 0.6 is 0 Å². The second-order valence-corrected chi connectivity index (χ2v) is 7.40. The molecular formula is C21H24N4O2. The van der Waals surface area contributed by atoms with E-state index >= 15 is 0 Å². The normalized spacial score (nSPS) is 11.4.